The maximum Gasteiger partial charge on any atom is 0.338 e. The Hall–Kier alpha value is -3.13. The van der Waals surface area contributed by atoms with Gasteiger partial charge in [-0.2, -0.15) is 0 Å². The molecule has 0 aliphatic heterocycles. The quantitative estimate of drug-likeness (QED) is 0.471. The Morgan fingerprint density at radius 1 is 1.23 bits per heavy atom. The second kappa shape index (κ2) is 8.30. The molecule has 0 unspecified atom stereocenters. The fourth-order valence-electron chi connectivity index (χ4n) is 2.15. The van der Waals surface area contributed by atoms with Crippen molar-refractivity contribution < 1.29 is 19.2 Å². The maximum atomic E-state index is 12.1. The molecule has 0 aliphatic carbocycles. The van der Waals surface area contributed by atoms with Gasteiger partial charge in [0.25, 0.3) is 11.6 Å². The van der Waals surface area contributed by atoms with Gasteiger partial charge in [0.1, 0.15) is 5.69 Å². The standard InChI is InChI=1S/C17H16ClN3O5/c1-20(2)14-7-6-11(8-15(14)21(24)25)17(23)26-10-16(22)19-13-5-3-4-12(18)9-13/h3-9H,10H2,1-2H3,(H,19,22). The lowest BCUT2D eigenvalue weighted by Crippen LogP contribution is -2.21. The van der Waals surface area contributed by atoms with Crippen LogP contribution in [0.25, 0.3) is 0 Å². The first kappa shape index (κ1) is 19.2. The average Bonchev–Trinajstić information content (AvgIpc) is 2.59. The minimum atomic E-state index is -0.834. The smallest absolute Gasteiger partial charge is 0.338 e. The van der Waals surface area contributed by atoms with Crippen LogP contribution in [0.1, 0.15) is 10.4 Å². The highest BCUT2D eigenvalue weighted by molar-refractivity contribution is 6.30. The van der Waals surface area contributed by atoms with Crippen molar-refractivity contribution in [1.29, 1.82) is 0 Å². The van der Waals surface area contributed by atoms with Crippen molar-refractivity contribution in [2.45, 2.75) is 0 Å². The first-order chi connectivity index (χ1) is 12.3. The van der Waals surface area contributed by atoms with E-state index in [1.165, 1.54) is 12.1 Å². The molecule has 0 aliphatic rings. The van der Waals surface area contributed by atoms with Crippen molar-refractivity contribution in [2.24, 2.45) is 0 Å². The molecule has 8 nitrogen and oxygen atoms in total. The maximum absolute atomic E-state index is 12.1. The predicted octanol–water partition coefficient (Wildman–Crippen LogP) is 3.11. The number of nitrogens with zero attached hydrogens (tertiary/aromatic N) is 2. The van der Waals surface area contributed by atoms with Gasteiger partial charge in [0.2, 0.25) is 0 Å². The summed E-state index contributed by atoms with van der Waals surface area (Å²) in [6.07, 6.45) is 0. The van der Waals surface area contributed by atoms with Crippen LogP contribution in [0.15, 0.2) is 42.5 Å². The summed E-state index contributed by atoms with van der Waals surface area (Å²) >= 11 is 5.82. The van der Waals surface area contributed by atoms with E-state index in [2.05, 4.69) is 5.32 Å². The van der Waals surface area contributed by atoms with Gasteiger partial charge >= 0.3 is 5.97 Å². The van der Waals surface area contributed by atoms with Crippen LogP contribution in [0.5, 0.6) is 0 Å². The molecule has 0 heterocycles. The highest BCUT2D eigenvalue weighted by Gasteiger charge is 2.20. The third-order valence-electron chi connectivity index (χ3n) is 3.33. The van der Waals surface area contributed by atoms with Gasteiger partial charge in [0.05, 0.1) is 10.5 Å². The third-order valence-corrected chi connectivity index (χ3v) is 3.57. The molecule has 9 heteroatoms. The van der Waals surface area contributed by atoms with E-state index in [-0.39, 0.29) is 11.3 Å². The molecule has 0 spiro atoms. The summed E-state index contributed by atoms with van der Waals surface area (Å²) in [4.78, 5) is 36.0. The zero-order valence-electron chi connectivity index (χ0n) is 14.1. The molecular formula is C17H16ClN3O5. The minimum absolute atomic E-state index is 0.0159. The highest BCUT2D eigenvalue weighted by atomic mass is 35.5. The van der Waals surface area contributed by atoms with E-state index in [1.807, 2.05) is 0 Å². The molecule has 0 radical (unpaired) electrons. The number of hydrogen-bond acceptors (Lipinski definition) is 6. The topological polar surface area (TPSA) is 102 Å². The lowest BCUT2D eigenvalue weighted by atomic mass is 10.1. The number of carbonyl (C=O) groups excluding carboxylic acids is 2. The number of carbonyl (C=O) groups is 2. The molecule has 2 aromatic carbocycles. The molecule has 0 bridgehead atoms. The number of ether oxygens (including phenoxy) is 1. The van der Waals surface area contributed by atoms with Crippen molar-refractivity contribution in [1.82, 2.24) is 0 Å². The molecule has 2 aromatic rings. The number of esters is 1. The molecule has 2 rings (SSSR count). The van der Waals surface area contributed by atoms with Crippen LogP contribution < -0.4 is 10.2 Å². The van der Waals surface area contributed by atoms with E-state index in [0.717, 1.165) is 6.07 Å². The molecule has 0 saturated heterocycles. The van der Waals surface area contributed by atoms with Gasteiger partial charge in [-0.25, -0.2) is 4.79 Å². The zero-order chi connectivity index (χ0) is 19.3. The van der Waals surface area contributed by atoms with Gasteiger partial charge in [-0.3, -0.25) is 14.9 Å². The Balaban J connectivity index is 2.02. The number of nitrogens with one attached hydrogen (secondary N) is 1. The number of halogens is 1. The summed E-state index contributed by atoms with van der Waals surface area (Å²) in [6, 6.07) is 10.5. The van der Waals surface area contributed by atoms with E-state index in [9.17, 15) is 19.7 Å². The van der Waals surface area contributed by atoms with Crippen LogP contribution in [0.3, 0.4) is 0 Å². The van der Waals surface area contributed by atoms with Crippen molar-refractivity contribution in [3.05, 3.63) is 63.2 Å². The Labute approximate surface area is 154 Å². The first-order valence-corrected chi connectivity index (χ1v) is 7.84. The van der Waals surface area contributed by atoms with Crippen LogP contribution in [0.4, 0.5) is 17.1 Å². The lowest BCUT2D eigenvalue weighted by Gasteiger charge is -2.13. The molecule has 1 amide bonds. The van der Waals surface area contributed by atoms with Crippen LogP contribution in [0, 0.1) is 10.1 Å². The van der Waals surface area contributed by atoms with Gasteiger partial charge in [-0.05, 0) is 30.3 Å². The Kier molecular flexibility index (Phi) is 6.13. The van der Waals surface area contributed by atoms with Crippen molar-refractivity contribution in [3.63, 3.8) is 0 Å². The van der Waals surface area contributed by atoms with E-state index in [0.29, 0.717) is 16.4 Å². The molecule has 0 fully saturated rings. The molecular weight excluding hydrogens is 362 g/mol. The molecule has 136 valence electrons. The molecule has 0 aromatic heterocycles. The number of amides is 1. The molecule has 1 N–H and O–H groups in total. The number of nitro groups is 1. The van der Waals surface area contributed by atoms with Gasteiger partial charge in [0, 0.05) is 30.9 Å². The Morgan fingerprint density at radius 3 is 2.58 bits per heavy atom. The summed E-state index contributed by atoms with van der Waals surface area (Å²) in [7, 11) is 3.31. The second-order valence-corrected chi connectivity index (χ2v) is 5.93. The largest absolute Gasteiger partial charge is 0.452 e. The van der Waals surface area contributed by atoms with Gasteiger partial charge in [-0.15, -0.1) is 0 Å². The Bertz CT molecular complexity index is 854. The lowest BCUT2D eigenvalue weighted by molar-refractivity contribution is -0.384. The number of nitro benzene ring substituents is 1. The first-order valence-electron chi connectivity index (χ1n) is 7.46. The SMILES string of the molecule is CN(C)c1ccc(C(=O)OCC(=O)Nc2cccc(Cl)c2)cc1[N+](=O)[O-]. The van der Waals surface area contributed by atoms with Crippen molar-refractivity contribution in [2.75, 3.05) is 30.9 Å². The normalized spacial score (nSPS) is 10.1. The summed E-state index contributed by atoms with van der Waals surface area (Å²) < 4.78 is 4.91. The average molecular weight is 378 g/mol. The van der Waals surface area contributed by atoms with Gasteiger partial charge < -0.3 is 15.0 Å². The number of benzene rings is 2. The van der Waals surface area contributed by atoms with E-state index in [4.69, 9.17) is 16.3 Å². The Morgan fingerprint density at radius 2 is 1.96 bits per heavy atom. The third kappa shape index (κ3) is 4.93. The van der Waals surface area contributed by atoms with Gasteiger partial charge in [0.15, 0.2) is 6.61 Å². The minimum Gasteiger partial charge on any atom is -0.452 e. The van der Waals surface area contributed by atoms with Crippen molar-refractivity contribution in [3.8, 4) is 0 Å². The monoisotopic (exact) mass is 377 g/mol. The van der Waals surface area contributed by atoms with E-state index < -0.39 is 23.4 Å². The van der Waals surface area contributed by atoms with Crippen LogP contribution in [0.2, 0.25) is 5.02 Å². The molecule has 26 heavy (non-hydrogen) atoms. The fourth-order valence-corrected chi connectivity index (χ4v) is 2.34. The second-order valence-electron chi connectivity index (χ2n) is 5.49. The summed E-state index contributed by atoms with van der Waals surface area (Å²) in [5.74, 6) is -1.39. The van der Waals surface area contributed by atoms with Crippen molar-refractivity contribution >= 4 is 40.5 Å². The number of rotatable bonds is 6. The summed E-state index contributed by atoms with van der Waals surface area (Å²) in [5, 5.41) is 14.1. The summed E-state index contributed by atoms with van der Waals surface area (Å²) in [6.45, 7) is -0.533. The van der Waals surface area contributed by atoms with Crippen LogP contribution in [-0.4, -0.2) is 37.5 Å². The molecule has 0 atom stereocenters. The predicted molar refractivity (Wildman–Crippen MR) is 97.8 cm³/mol. The van der Waals surface area contributed by atoms with E-state index >= 15 is 0 Å². The summed E-state index contributed by atoms with van der Waals surface area (Å²) in [5.41, 5.74) is 0.570. The molecule has 0 saturated carbocycles. The fraction of sp³-hybridized carbons (Fsp3) is 0.176. The van der Waals surface area contributed by atoms with Gasteiger partial charge in [-0.1, -0.05) is 17.7 Å². The number of hydrogen-bond donors (Lipinski definition) is 1. The zero-order valence-corrected chi connectivity index (χ0v) is 14.8. The number of anilines is 2. The van der Waals surface area contributed by atoms with E-state index in [1.54, 1.807) is 43.3 Å². The van der Waals surface area contributed by atoms with Crippen LogP contribution >= 0.6 is 11.6 Å². The van der Waals surface area contributed by atoms with Crippen LogP contribution in [-0.2, 0) is 9.53 Å². The highest BCUT2D eigenvalue weighted by Crippen LogP contribution is 2.28.